The lowest BCUT2D eigenvalue weighted by atomic mass is 10.1. The van der Waals surface area contributed by atoms with Crippen LogP contribution in [0.15, 0.2) is 41.6 Å². The van der Waals surface area contributed by atoms with E-state index in [-0.39, 0.29) is 10.9 Å². The van der Waals surface area contributed by atoms with Crippen LogP contribution in [0.2, 0.25) is 0 Å². The van der Waals surface area contributed by atoms with Crippen molar-refractivity contribution >= 4 is 10.0 Å². The molecule has 26 heavy (non-hydrogen) atoms. The number of aryl methyl sites for hydroxylation is 1. The third kappa shape index (κ3) is 4.31. The average molecular weight is 380 g/mol. The smallest absolute Gasteiger partial charge is 0.243 e. The van der Waals surface area contributed by atoms with Crippen molar-refractivity contribution in [1.29, 1.82) is 0 Å². The summed E-state index contributed by atoms with van der Waals surface area (Å²) in [5, 5.41) is 4.19. The molecule has 1 aromatic heterocycles. The van der Waals surface area contributed by atoms with Crippen molar-refractivity contribution in [3.8, 4) is 0 Å². The Morgan fingerprint density at radius 1 is 1.31 bits per heavy atom. The van der Waals surface area contributed by atoms with E-state index in [0.29, 0.717) is 0 Å². The van der Waals surface area contributed by atoms with Crippen LogP contribution in [0.4, 0.5) is 4.39 Å². The molecule has 0 saturated carbocycles. The van der Waals surface area contributed by atoms with Gasteiger partial charge in [0.15, 0.2) is 0 Å². The second-order valence-electron chi connectivity index (χ2n) is 6.86. The first-order chi connectivity index (χ1) is 12.4. The van der Waals surface area contributed by atoms with Gasteiger partial charge in [0.25, 0.3) is 0 Å². The van der Waals surface area contributed by atoms with Gasteiger partial charge in [0.05, 0.1) is 11.1 Å². The van der Waals surface area contributed by atoms with Gasteiger partial charge < -0.3 is 0 Å². The van der Waals surface area contributed by atoms with E-state index in [1.54, 1.807) is 11.7 Å². The molecule has 0 spiro atoms. The summed E-state index contributed by atoms with van der Waals surface area (Å²) >= 11 is 0. The lowest BCUT2D eigenvalue weighted by Gasteiger charge is -2.26. The standard InChI is InChI=1S/C18H25FN4O2S/c1-21-13-15(12-20-21)14-23-9-4-6-17(8-10-23)22(2)26(24,25)18-7-3-5-16(19)11-18/h3,5,7,11-13,17H,4,6,8-10,14H2,1-2H3. The highest BCUT2D eigenvalue weighted by molar-refractivity contribution is 7.89. The van der Waals surface area contributed by atoms with Crippen LogP contribution in [0.5, 0.6) is 0 Å². The SMILES string of the molecule is CN(C1CCCN(Cc2cnn(C)c2)CC1)S(=O)(=O)c1cccc(F)c1. The van der Waals surface area contributed by atoms with Crippen LogP contribution >= 0.6 is 0 Å². The number of aromatic nitrogens is 2. The molecule has 1 fully saturated rings. The van der Waals surface area contributed by atoms with Gasteiger partial charge in [-0.3, -0.25) is 9.58 Å². The first kappa shape index (κ1) is 19.0. The zero-order chi connectivity index (χ0) is 18.7. The van der Waals surface area contributed by atoms with E-state index >= 15 is 0 Å². The molecular formula is C18H25FN4O2S. The van der Waals surface area contributed by atoms with Crippen molar-refractivity contribution < 1.29 is 12.8 Å². The third-order valence-electron chi connectivity index (χ3n) is 4.94. The van der Waals surface area contributed by atoms with Gasteiger partial charge in [-0.25, -0.2) is 12.8 Å². The molecule has 0 amide bonds. The number of halogens is 1. The molecule has 1 saturated heterocycles. The van der Waals surface area contributed by atoms with E-state index in [4.69, 9.17) is 0 Å². The van der Waals surface area contributed by atoms with E-state index in [1.807, 2.05) is 19.4 Å². The molecule has 2 aromatic rings. The Balaban J connectivity index is 1.66. The number of likely N-dealkylation sites (tertiary alicyclic amines) is 1. The van der Waals surface area contributed by atoms with Crippen LogP contribution in [-0.4, -0.2) is 53.6 Å². The van der Waals surface area contributed by atoms with Crippen molar-refractivity contribution in [2.45, 2.75) is 36.7 Å². The number of rotatable bonds is 5. The number of hydrogen-bond donors (Lipinski definition) is 0. The maximum absolute atomic E-state index is 13.4. The van der Waals surface area contributed by atoms with Gasteiger partial charge in [-0.2, -0.15) is 9.40 Å². The summed E-state index contributed by atoms with van der Waals surface area (Å²) in [6.07, 6.45) is 6.35. The largest absolute Gasteiger partial charge is 0.299 e. The van der Waals surface area contributed by atoms with Crippen LogP contribution in [0.25, 0.3) is 0 Å². The average Bonchev–Trinajstić information content (AvgIpc) is 2.87. The maximum atomic E-state index is 13.4. The predicted molar refractivity (Wildman–Crippen MR) is 97.5 cm³/mol. The van der Waals surface area contributed by atoms with Gasteiger partial charge in [-0.15, -0.1) is 0 Å². The highest BCUT2D eigenvalue weighted by atomic mass is 32.2. The van der Waals surface area contributed by atoms with Crippen LogP contribution in [0.3, 0.4) is 0 Å². The van der Waals surface area contributed by atoms with E-state index in [0.717, 1.165) is 50.5 Å². The second-order valence-corrected chi connectivity index (χ2v) is 8.86. The quantitative estimate of drug-likeness (QED) is 0.798. The van der Waals surface area contributed by atoms with Gasteiger partial charge in [0.2, 0.25) is 10.0 Å². The highest BCUT2D eigenvalue weighted by Gasteiger charge is 2.29. The lowest BCUT2D eigenvalue weighted by molar-refractivity contribution is 0.266. The fraction of sp³-hybridized carbons (Fsp3) is 0.500. The van der Waals surface area contributed by atoms with Crippen molar-refractivity contribution in [3.63, 3.8) is 0 Å². The molecule has 0 bridgehead atoms. The van der Waals surface area contributed by atoms with Crippen LogP contribution in [0.1, 0.15) is 24.8 Å². The summed E-state index contributed by atoms with van der Waals surface area (Å²) in [6, 6.07) is 5.12. The van der Waals surface area contributed by atoms with Crippen molar-refractivity contribution in [1.82, 2.24) is 19.0 Å². The Morgan fingerprint density at radius 3 is 2.81 bits per heavy atom. The fourth-order valence-corrected chi connectivity index (χ4v) is 4.91. The number of sulfonamides is 1. The monoisotopic (exact) mass is 380 g/mol. The van der Waals surface area contributed by atoms with E-state index in [9.17, 15) is 12.8 Å². The molecule has 3 rings (SSSR count). The number of hydrogen-bond acceptors (Lipinski definition) is 4. The van der Waals surface area contributed by atoms with Gasteiger partial charge in [0, 0.05) is 45.0 Å². The summed E-state index contributed by atoms with van der Waals surface area (Å²) in [4.78, 5) is 2.34. The van der Waals surface area contributed by atoms with Crippen LogP contribution in [0, 0.1) is 5.82 Å². The van der Waals surface area contributed by atoms with Gasteiger partial charge in [0.1, 0.15) is 5.82 Å². The summed E-state index contributed by atoms with van der Waals surface area (Å²) in [5.74, 6) is -0.539. The molecule has 8 heteroatoms. The molecular weight excluding hydrogens is 355 g/mol. The molecule has 1 aromatic carbocycles. The normalized spacial score (nSPS) is 19.6. The Morgan fingerprint density at radius 2 is 2.12 bits per heavy atom. The Hall–Kier alpha value is -1.77. The van der Waals surface area contributed by atoms with Crippen molar-refractivity contribution in [3.05, 3.63) is 48.0 Å². The first-order valence-corrected chi connectivity index (χ1v) is 10.2. The minimum absolute atomic E-state index is 0.0106. The minimum atomic E-state index is -3.69. The molecule has 0 aliphatic carbocycles. The Labute approximate surface area is 154 Å². The van der Waals surface area contributed by atoms with Gasteiger partial charge >= 0.3 is 0 Å². The first-order valence-electron chi connectivity index (χ1n) is 8.80. The molecule has 6 nitrogen and oxygen atoms in total. The number of nitrogens with zero attached hydrogens (tertiary/aromatic N) is 4. The van der Waals surface area contributed by atoms with Crippen LogP contribution < -0.4 is 0 Å². The molecule has 1 unspecified atom stereocenters. The third-order valence-corrected chi connectivity index (χ3v) is 6.85. The lowest BCUT2D eigenvalue weighted by Crippen LogP contribution is -2.37. The molecule has 1 atom stereocenters. The summed E-state index contributed by atoms with van der Waals surface area (Å²) in [7, 11) is -0.193. The van der Waals surface area contributed by atoms with E-state index in [1.165, 1.54) is 22.5 Å². The van der Waals surface area contributed by atoms with Crippen molar-refractivity contribution in [2.24, 2.45) is 7.05 Å². The molecule has 142 valence electrons. The summed E-state index contributed by atoms with van der Waals surface area (Å²) in [5.41, 5.74) is 1.16. The van der Waals surface area contributed by atoms with Gasteiger partial charge in [-0.05, 0) is 44.0 Å². The molecule has 2 heterocycles. The zero-order valence-corrected chi connectivity index (χ0v) is 16.0. The highest BCUT2D eigenvalue weighted by Crippen LogP contribution is 2.24. The number of benzene rings is 1. The topological polar surface area (TPSA) is 58.4 Å². The maximum Gasteiger partial charge on any atom is 0.243 e. The predicted octanol–water partition coefficient (Wildman–Crippen LogP) is 2.23. The second kappa shape index (κ2) is 7.85. The zero-order valence-electron chi connectivity index (χ0n) is 15.2. The summed E-state index contributed by atoms with van der Waals surface area (Å²) in [6.45, 7) is 2.57. The van der Waals surface area contributed by atoms with E-state index in [2.05, 4.69) is 10.00 Å². The Bertz CT molecular complexity index is 852. The minimum Gasteiger partial charge on any atom is -0.299 e. The van der Waals surface area contributed by atoms with Crippen molar-refractivity contribution in [2.75, 3.05) is 20.1 Å². The molecule has 1 aliphatic heterocycles. The fourth-order valence-electron chi connectivity index (χ4n) is 3.46. The Kier molecular flexibility index (Phi) is 5.74. The molecule has 0 N–H and O–H groups in total. The molecule has 0 radical (unpaired) electrons. The van der Waals surface area contributed by atoms with E-state index < -0.39 is 15.8 Å². The van der Waals surface area contributed by atoms with Gasteiger partial charge in [-0.1, -0.05) is 6.07 Å². The van der Waals surface area contributed by atoms with Crippen LogP contribution in [-0.2, 0) is 23.6 Å². The molecule has 1 aliphatic rings. The summed E-state index contributed by atoms with van der Waals surface area (Å²) < 4.78 is 42.2.